The minimum atomic E-state index is -4.56. The first-order valence-corrected chi connectivity index (χ1v) is 10.2. The van der Waals surface area contributed by atoms with E-state index < -0.39 is 42.7 Å². The Labute approximate surface area is 182 Å². The van der Waals surface area contributed by atoms with Crippen molar-refractivity contribution in [3.8, 4) is 11.8 Å². The summed E-state index contributed by atoms with van der Waals surface area (Å²) in [6.07, 6.45) is -0.854. The Morgan fingerprint density at radius 1 is 1.34 bits per heavy atom. The third-order valence-electron chi connectivity index (χ3n) is 5.86. The molecule has 0 bridgehead atoms. The van der Waals surface area contributed by atoms with E-state index in [4.69, 9.17) is 5.26 Å². The first kappa shape index (κ1) is 23.4. The smallest absolute Gasteiger partial charge is 0.422 e. The summed E-state index contributed by atoms with van der Waals surface area (Å²) in [4.78, 5) is 38.5. The van der Waals surface area contributed by atoms with Crippen molar-refractivity contribution in [3.05, 3.63) is 23.8 Å². The molecule has 3 rings (SSSR count). The molecule has 4 amide bonds. The molecule has 0 aromatic heterocycles. The molecular formula is C21H23F3N4O4. The predicted molar refractivity (Wildman–Crippen MR) is 107 cm³/mol. The van der Waals surface area contributed by atoms with Gasteiger partial charge in [-0.3, -0.25) is 14.5 Å². The van der Waals surface area contributed by atoms with Crippen LogP contribution in [0.15, 0.2) is 18.2 Å². The summed E-state index contributed by atoms with van der Waals surface area (Å²) < 4.78 is 41.6. The first-order chi connectivity index (χ1) is 15.1. The van der Waals surface area contributed by atoms with Crippen LogP contribution in [-0.4, -0.2) is 47.6 Å². The molecule has 1 heterocycles. The highest BCUT2D eigenvalue weighted by molar-refractivity contribution is 6.10. The van der Waals surface area contributed by atoms with Crippen LogP contribution >= 0.6 is 0 Å². The van der Waals surface area contributed by atoms with Crippen molar-refractivity contribution in [3.63, 3.8) is 0 Å². The fraction of sp³-hybridized carbons (Fsp3) is 0.524. The van der Waals surface area contributed by atoms with Crippen LogP contribution in [0.25, 0.3) is 0 Å². The lowest BCUT2D eigenvalue weighted by molar-refractivity contribution is -0.153. The number of hydrogen-bond donors (Lipinski definition) is 2. The Kier molecular flexibility index (Phi) is 6.62. The molecule has 0 unspecified atom stereocenters. The SMILES string of the molecule is CCC1CCC2(CC1)NC(=O)N(CC(=O)Nc1ccc(OCC(F)(F)F)c(C#N)c1)C2=O. The van der Waals surface area contributed by atoms with E-state index in [0.717, 1.165) is 36.3 Å². The molecule has 0 radical (unpaired) electrons. The Hall–Kier alpha value is -3.29. The van der Waals surface area contributed by atoms with E-state index in [1.54, 1.807) is 6.07 Å². The van der Waals surface area contributed by atoms with Crippen LogP contribution in [0.3, 0.4) is 0 Å². The monoisotopic (exact) mass is 452 g/mol. The molecule has 1 aromatic carbocycles. The zero-order valence-electron chi connectivity index (χ0n) is 17.4. The predicted octanol–water partition coefficient (Wildman–Crippen LogP) is 3.33. The van der Waals surface area contributed by atoms with Gasteiger partial charge in [0.2, 0.25) is 5.91 Å². The van der Waals surface area contributed by atoms with Gasteiger partial charge in [-0.2, -0.15) is 18.4 Å². The Morgan fingerprint density at radius 2 is 2.03 bits per heavy atom. The van der Waals surface area contributed by atoms with E-state index in [1.165, 1.54) is 6.07 Å². The van der Waals surface area contributed by atoms with Gasteiger partial charge in [-0.05, 0) is 49.8 Å². The Balaban J connectivity index is 1.62. The maximum atomic E-state index is 12.9. The van der Waals surface area contributed by atoms with E-state index in [0.29, 0.717) is 18.8 Å². The summed E-state index contributed by atoms with van der Waals surface area (Å²) in [6.45, 7) is 0.0131. The number of hydrogen-bond acceptors (Lipinski definition) is 5. The van der Waals surface area contributed by atoms with E-state index in [9.17, 15) is 27.6 Å². The van der Waals surface area contributed by atoms with Crippen molar-refractivity contribution in [1.82, 2.24) is 10.2 Å². The van der Waals surface area contributed by atoms with Gasteiger partial charge in [-0.25, -0.2) is 4.79 Å². The quantitative estimate of drug-likeness (QED) is 0.643. The number of nitrogens with one attached hydrogen (secondary N) is 2. The standard InChI is InChI=1S/C21H23F3N4O4/c1-2-13-5-7-20(8-6-13)18(30)28(19(31)27-20)11-17(29)26-15-3-4-16(14(9-15)10-25)32-12-21(22,23)24/h3-4,9,13H,2,5-8,11-12H2,1H3,(H,26,29)(H,27,31). The lowest BCUT2D eigenvalue weighted by Gasteiger charge is -2.34. The van der Waals surface area contributed by atoms with Gasteiger partial charge in [0.1, 0.15) is 23.9 Å². The lowest BCUT2D eigenvalue weighted by atomic mass is 9.75. The minimum absolute atomic E-state index is 0.121. The number of rotatable bonds is 6. The van der Waals surface area contributed by atoms with Crippen LogP contribution in [0.4, 0.5) is 23.7 Å². The van der Waals surface area contributed by atoms with Gasteiger partial charge in [0.25, 0.3) is 5.91 Å². The largest absolute Gasteiger partial charge is 0.483 e. The number of nitrogens with zero attached hydrogens (tertiary/aromatic N) is 2. The zero-order chi connectivity index (χ0) is 23.5. The number of halogens is 3. The second-order valence-electron chi connectivity index (χ2n) is 8.03. The number of amides is 4. The van der Waals surface area contributed by atoms with Crippen molar-refractivity contribution in [2.24, 2.45) is 5.92 Å². The number of alkyl halides is 3. The van der Waals surface area contributed by atoms with E-state index in [-0.39, 0.29) is 17.0 Å². The second-order valence-corrected chi connectivity index (χ2v) is 8.03. The van der Waals surface area contributed by atoms with Crippen molar-refractivity contribution in [1.29, 1.82) is 5.26 Å². The summed E-state index contributed by atoms with van der Waals surface area (Å²) in [5, 5.41) is 14.3. The molecule has 1 aliphatic carbocycles. The molecule has 1 aromatic rings. The Morgan fingerprint density at radius 3 is 2.62 bits per heavy atom. The lowest BCUT2D eigenvalue weighted by Crippen LogP contribution is -2.49. The molecule has 0 atom stereocenters. The average molecular weight is 452 g/mol. The number of carbonyl (C=O) groups excluding carboxylic acids is 3. The molecule has 11 heteroatoms. The van der Waals surface area contributed by atoms with Crippen LogP contribution in [0.1, 0.15) is 44.6 Å². The number of anilines is 1. The van der Waals surface area contributed by atoms with Crippen LogP contribution in [0.5, 0.6) is 5.75 Å². The number of benzene rings is 1. The van der Waals surface area contributed by atoms with Gasteiger partial charge in [0.15, 0.2) is 6.61 Å². The van der Waals surface area contributed by atoms with E-state index >= 15 is 0 Å². The van der Waals surface area contributed by atoms with Crippen LogP contribution in [-0.2, 0) is 9.59 Å². The number of ether oxygens (including phenoxy) is 1. The summed E-state index contributed by atoms with van der Waals surface area (Å²) in [7, 11) is 0. The number of nitriles is 1. The van der Waals surface area contributed by atoms with Crippen molar-refractivity contribution in [2.45, 2.75) is 50.7 Å². The highest BCUT2D eigenvalue weighted by Crippen LogP contribution is 2.37. The van der Waals surface area contributed by atoms with Gasteiger partial charge in [-0.15, -0.1) is 0 Å². The van der Waals surface area contributed by atoms with Crippen LogP contribution in [0.2, 0.25) is 0 Å². The van der Waals surface area contributed by atoms with Crippen LogP contribution < -0.4 is 15.4 Å². The number of carbonyl (C=O) groups is 3. The van der Waals surface area contributed by atoms with Crippen LogP contribution in [0, 0.1) is 17.2 Å². The van der Waals surface area contributed by atoms with Crippen molar-refractivity contribution >= 4 is 23.5 Å². The number of urea groups is 1. The molecule has 2 fully saturated rings. The highest BCUT2D eigenvalue weighted by atomic mass is 19.4. The summed E-state index contributed by atoms with van der Waals surface area (Å²) >= 11 is 0. The molecule has 1 aliphatic heterocycles. The van der Waals surface area contributed by atoms with Gasteiger partial charge >= 0.3 is 12.2 Å². The highest BCUT2D eigenvalue weighted by Gasteiger charge is 2.52. The maximum Gasteiger partial charge on any atom is 0.422 e. The molecule has 32 heavy (non-hydrogen) atoms. The first-order valence-electron chi connectivity index (χ1n) is 10.2. The molecule has 172 valence electrons. The molecular weight excluding hydrogens is 429 g/mol. The number of imide groups is 1. The molecule has 2 N–H and O–H groups in total. The fourth-order valence-electron chi connectivity index (χ4n) is 4.06. The minimum Gasteiger partial charge on any atom is -0.483 e. The zero-order valence-corrected chi connectivity index (χ0v) is 17.4. The van der Waals surface area contributed by atoms with E-state index in [2.05, 4.69) is 22.3 Å². The molecule has 1 saturated carbocycles. The average Bonchev–Trinajstić information content (AvgIpc) is 2.96. The third kappa shape index (κ3) is 5.12. The Bertz CT molecular complexity index is 949. The van der Waals surface area contributed by atoms with Gasteiger partial charge in [0.05, 0.1) is 5.56 Å². The summed E-state index contributed by atoms with van der Waals surface area (Å²) in [5.74, 6) is -0.872. The molecule has 1 saturated heterocycles. The topological polar surface area (TPSA) is 112 Å². The van der Waals surface area contributed by atoms with Gasteiger partial charge in [0, 0.05) is 5.69 Å². The summed E-state index contributed by atoms with van der Waals surface area (Å²) in [6, 6.07) is 4.63. The van der Waals surface area contributed by atoms with Gasteiger partial charge in [-0.1, -0.05) is 13.3 Å². The van der Waals surface area contributed by atoms with E-state index in [1.807, 2.05) is 0 Å². The normalized spacial score (nSPS) is 23.1. The maximum absolute atomic E-state index is 12.9. The molecule has 8 nitrogen and oxygen atoms in total. The summed E-state index contributed by atoms with van der Waals surface area (Å²) in [5.41, 5.74) is -1.04. The molecule has 2 aliphatic rings. The van der Waals surface area contributed by atoms with Crippen molar-refractivity contribution < 1.29 is 32.3 Å². The van der Waals surface area contributed by atoms with Gasteiger partial charge < -0.3 is 15.4 Å². The fourth-order valence-corrected chi connectivity index (χ4v) is 4.06. The molecule has 1 spiro atoms. The van der Waals surface area contributed by atoms with Crippen molar-refractivity contribution in [2.75, 3.05) is 18.5 Å². The second kappa shape index (κ2) is 9.06. The third-order valence-corrected chi connectivity index (χ3v) is 5.86.